The van der Waals surface area contributed by atoms with E-state index in [1.807, 2.05) is 0 Å². The van der Waals surface area contributed by atoms with E-state index >= 15 is 0 Å². The van der Waals surface area contributed by atoms with Crippen molar-refractivity contribution in [2.45, 2.75) is 43.2 Å². The second kappa shape index (κ2) is 8.98. The maximum Gasteiger partial charge on any atom is 0.241 e. The highest BCUT2D eigenvalue weighted by molar-refractivity contribution is 8.00. The molecule has 3 rings (SSSR count). The number of anilines is 1. The summed E-state index contributed by atoms with van der Waals surface area (Å²) < 4.78 is 27.5. The van der Waals surface area contributed by atoms with Crippen molar-refractivity contribution in [2.24, 2.45) is 0 Å². The molecule has 0 radical (unpaired) electrons. The molecule has 1 aliphatic carbocycles. The van der Waals surface area contributed by atoms with Crippen molar-refractivity contribution in [3.8, 4) is 0 Å². The number of hydrogen-bond donors (Lipinski definition) is 2. The summed E-state index contributed by atoms with van der Waals surface area (Å²) in [6.07, 6.45) is 7.36. The number of halogens is 2. The molecule has 0 atom stereocenters. The summed E-state index contributed by atoms with van der Waals surface area (Å²) in [5.41, 5.74) is 0.472. The lowest BCUT2D eigenvalue weighted by atomic mass is 10.2. The van der Waals surface area contributed by atoms with Crippen LogP contribution in [0.4, 0.5) is 14.5 Å². The second-order valence-electron chi connectivity index (χ2n) is 6.39. The highest BCUT2D eigenvalue weighted by Crippen LogP contribution is 2.21. The van der Waals surface area contributed by atoms with Crippen LogP contribution in [0.2, 0.25) is 0 Å². The Hall–Kier alpha value is -2.42. The molecular weight excluding hydrogens is 374 g/mol. The van der Waals surface area contributed by atoms with E-state index in [-0.39, 0.29) is 30.2 Å². The minimum Gasteiger partial charge on any atom is -0.352 e. The molecule has 0 unspecified atom stereocenters. The third-order valence-corrected chi connectivity index (χ3v) is 5.20. The quantitative estimate of drug-likeness (QED) is 0.708. The molecule has 0 spiro atoms. The summed E-state index contributed by atoms with van der Waals surface area (Å²) in [5.74, 6) is -2.24. The molecule has 27 heavy (non-hydrogen) atoms. The average Bonchev–Trinajstić information content (AvgIpc) is 3.28. The molecular formula is C18H20F2N4O2S. The maximum absolute atomic E-state index is 13.2. The van der Waals surface area contributed by atoms with Crippen LogP contribution in [-0.2, 0) is 16.1 Å². The second-order valence-corrected chi connectivity index (χ2v) is 7.44. The van der Waals surface area contributed by atoms with E-state index in [0.29, 0.717) is 10.6 Å². The summed E-state index contributed by atoms with van der Waals surface area (Å²) in [7, 11) is 0. The fourth-order valence-electron chi connectivity index (χ4n) is 2.92. The molecule has 0 bridgehead atoms. The van der Waals surface area contributed by atoms with Crippen LogP contribution in [0.15, 0.2) is 35.5 Å². The lowest BCUT2D eigenvalue weighted by molar-refractivity contribution is -0.122. The van der Waals surface area contributed by atoms with Gasteiger partial charge in [0.05, 0.1) is 17.6 Å². The largest absolute Gasteiger partial charge is 0.352 e. The first-order chi connectivity index (χ1) is 13.0. The van der Waals surface area contributed by atoms with Crippen LogP contribution in [0.3, 0.4) is 0 Å². The van der Waals surface area contributed by atoms with Crippen LogP contribution in [0.25, 0.3) is 0 Å². The van der Waals surface area contributed by atoms with Crippen molar-refractivity contribution in [1.82, 2.24) is 15.1 Å². The molecule has 1 aromatic carbocycles. The van der Waals surface area contributed by atoms with E-state index < -0.39 is 11.6 Å². The maximum atomic E-state index is 13.2. The van der Waals surface area contributed by atoms with Gasteiger partial charge in [0, 0.05) is 17.1 Å². The minimum atomic E-state index is -0.947. The topological polar surface area (TPSA) is 76.0 Å². The van der Waals surface area contributed by atoms with E-state index in [2.05, 4.69) is 15.7 Å². The van der Waals surface area contributed by atoms with Gasteiger partial charge in [-0.2, -0.15) is 5.10 Å². The number of nitrogens with zero attached hydrogens (tertiary/aromatic N) is 2. The molecule has 1 saturated carbocycles. The van der Waals surface area contributed by atoms with Crippen LogP contribution in [0.5, 0.6) is 0 Å². The Morgan fingerprint density at radius 2 is 1.96 bits per heavy atom. The number of carbonyl (C=O) groups excluding carboxylic acids is 2. The van der Waals surface area contributed by atoms with E-state index in [0.717, 1.165) is 49.6 Å². The number of nitrogens with one attached hydrogen (secondary N) is 2. The van der Waals surface area contributed by atoms with Crippen LogP contribution in [-0.4, -0.2) is 33.4 Å². The van der Waals surface area contributed by atoms with Crippen molar-refractivity contribution in [1.29, 1.82) is 0 Å². The monoisotopic (exact) mass is 394 g/mol. The number of hydrogen-bond acceptors (Lipinski definition) is 4. The van der Waals surface area contributed by atoms with E-state index in [4.69, 9.17) is 0 Å². The highest BCUT2D eigenvalue weighted by atomic mass is 32.2. The van der Waals surface area contributed by atoms with Crippen molar-refractivity contribution in [3.63, 3.8) is 0 Å². The Labute approximate surface area is 159 Å². The summed E-state index contributed by atoms with van der Waals surface area (Å²) in [6, 6.07) is 3.74. The summed E-state index contributed by atoms with van der Waals surface area (Å²) >= 11 is 1.10. The molecule has 6 nitrogen and oxygen atoms in total. The van der Waals surface area contributed by atoms with E-state index in [1.54, 1.807) is 6.20 Å². The van der Waals surface area contributed by atoms with Gasteiger partial charge in [-0.05, 0) is 31.0 Å². The molecule has 2 N–H and O–H groups in total. The number of rotatable bonds is 7. The van der Waals surface area contributed by atoms with Gasteiger partial charge < -0.3 is 10.6 Å². The van der Waals surface area contributed by atoms with Gasteiger partial charge in [-0.15, -0.1) is 11.8 Å². The Kier molecular flexibility index (Phi) is 6.44. The Morgan fingerprint density at radius 1 is 1.19 bits per heavy atom. The average molecular weight is 394 g/mol. The fourth-order valence-corrected chi connectivity index (χ4v) is 3.64. The van der Waals surface area contributed by atoms with Gasteiger partial charge in [0.2, 0.25) is 11.8 Å². The molecule has 1 fully saturated rings. The molecule has 0 saturated heterocycles. The first kappa shape index (κ1) is 19.3. The first-order valence-electron chi connectivity index (χ1n) is 8.69. The number of thioether (sulfide) groups is 1. The Balaban J connectivity index is 1.44. The highest BCUT2D eigenvalue weighted by Gasteiger charge is 2.17. The van der Waals surface area contributed by atoms with Crippen molar-refractivity contribution < 1.29 is 18.4 Å². The standard InChI is InChI=1S/C18H20F2N4O2S/c19-15-6-5-14(7-16(15)20)27-11-18(26)23-13-8-21-24(9-13)10-17(25)22-12-3-1-2-4-12/h5-9,12H,1-4,10-11H2,(H,22,25)(H,23,26). The van der Waals surface area contributed by atoms with Crippen LogP contribution >= 0.6 is 11.8 Å². The van der Waals surface area contributed by atoms with Crippen molar-refractivity contribution in [2.75, 3.05) is 11.1 Å². The lowest BCUT2D eigenvalue weighted by Crippen LogP contribution is -2.35. The molecule has 2 aromatic rings. The SMILES string of the molecule is O=C(CSc1ccc(F)c(F)c1)Nc1cnn(CC(=O)NC2CCCC2)c1. The van der Waals surface area contributed by atoms with Crippen LogP contribution in [0, 0.1) is 11.6 Å². The summed E-state index contributed by atoms with van der Waals surface area (Å²) in [5, 5.41) is 9.71. The van der Waals surface area contributed by atoms with E-state index in [9.17, 15) is 18.4 Å². The number of carbonyl (C=O) groups is 2. The van der Waals surface area contributed by atoms with Gasteiger partial charge in [-0.25, -0.2) is 8.78 Å². The molecule has 1 heterocycles. The number of aromatic nitrogens is 2. The predicted molar refractivity (Wildman–Crippen MR) is 98.3 cm³/mol. The zero-order valence-corrected chi connectivity index (χ0v) is 15.4. The van der Waals surface area contributed by atoms with Crippen LogP contribution < -0.4 is 10.6 Å². The smallest absolute Gasteiger partial charge is 0.241 e. The van der Waals surface area contributed by atoms with Crippen molar-refractivity contribution in [3.05, 3.63) is 42.2 Å². The summed E-state index contributed by atoms with van der Waals surface area (Å²) in [6.45, 7) is 0.0932. The lowest BCUT2D eigenvalue weighted by Gasteiger charge is -2.11. The Bertz CT molecular complexity index is 821. The normalized spacial score (nSPS) is 14.3. The zero-order chi connectivity index (χ0) is 19.2. The van der Waals surface area contributed by atoms with Gasteiger partial charge in [0.15, 0.2) is 11.6 Å². The third-order valence-electron chi connectivity index (χ3n) is 4.20. The predicted octanol–water partition coefficient (Wildman–Crippen LogP) is 2.95. The van der Waals surface area contributed by atoms with Gasteiger partial charge >= 0.3 is 0 Å². The molecule has 1 aliphatic rings. The van der Waals surface area contributed by atoms with Gasteiger partial charge in [-0.3, -0.25) is 14.3 Å². The first-order valence-corrected chi connectivity index (χ1v) is 9.67. The minimum absolute atomic E-state index is 0.0401. The number of amides is 2. The van der Waals surface area contributed by atoms with Gasteiger partial charge in [0.1, 0.15) is 6.54 Å². The zero-order valence-electron chi connectivity index (χ0n) is 14.6. The molecule has 9 heteroatoms. The molecule has 144 valence electrons. The van der Waals surface area contributed by atoms with Crippen molar-refractivity contribution >= 4 is 29.3 Å². The van der Waals surface area contributed by atoms with E-state index in [1.165, 1.54) is 16.9 Å². The Morgan fingerprint density at radius 3 is 2.70 bits per heavy atom. The molecule has 2 amide bonds. The van der Waals surface area contributed by atoms with Crippen LogP contribution in [0.1, 0.15) is 25.7 Å². The van der Waals surface area contributed by atoms with Gasteiger partial charge in [-0.1, -0.05) is 12.8 Å². The molecule has 1 aromatic heterocycles. The number of benzene rings is 1. The third kappa shape index (κ3) is 5.78. The molecule has 0 aliphatic heterocycles. The fraction of sp³-hybridized carbons (Fsp3) is 0.389. The van der Waals surface area contributed by atoms with Gasteiger partial charge in [0.25, 0.3) is 0 Å². The summed E-state index contributed by atoms with van der Waals surface area (Å²) in [4.78, 5) is 24.4.